The lowest BCUT2D eigenvalue weighted by molar-refractivity contribution is -0.123. The first-order valence-corrected chi connectivity index (χ1v) is 12.4. The molecule has 0 aliphatic carbocycles. The number of nitrogens with one attached hydrogen (secondary N) is 1. The van der Waals surface area contributed by atoms with Crippen LogP contribution in [0.4, 0.5) is 5.69 Å². The Labute approximate surface area is 186 Å². The van der Waals surface area contributed by atoms with Crippen molar-refractivity contribution < 1.29 is 9.53 Å². The normalized spacial score (nSPS) is 17.0. The van der Waals surface area contributed by atoms with Crippen molar-refractivity contribution in [3.8, 4) is 5.75 Å². The molecule has 4 rings (SSSR count). The average Bonchev–Trinajstić information content (AvgIpc) is 3.48. The van der Waals surface area contributed by atoms with Crippen molar-refractivity contribution in [2.75, 3.05) is 36.1 Å². The topological polar surface area (TPSA) is 53.9 Å². The Hall–Kier alpha value is -2.12. The van der Waals surface area contributed by atoms with Gasteiger partial charge in [0.25, 0.3) is 5.91 Å². The summed E-state index contributed by atoms with van der Waals surface area (Å²) in [4.78, 5) is 14.4. The number of carbonyl (C=O) groups excluding carboxylic acids is 1. The number of rotatable bonds is 7. The van der Waals surface area contributed by atoms with Crippen LogP contribution in [0, 0.1) is 6.92 Å². The van der Waals surface area contributed by atoms with Crippen LogP contribution in [-0.4, -0.2) is 43.3 Å². The molecule has 2 aromatic rings. The molecule has 0 bridgehead atoms. The highest BCUT2D eigenvalue weighted by atomic mass is 32.2. The number of nitrogens with zero attached hydrogens (tertiary/aromatic N) is 2. The third-order valence-corrected chi connectivity index (χ3v) is 8.37. The maximum absolute atomic E-state index is 12.0. The minimum Gasteiger partial charge on any atom is -0.484 e. The molecule has 2 aliphatic heterocycles. The molecule has 0 aromatic heterocycles. The highest BCUT2D eigenvalue weighted by Gasteiger charge is 2.18. The second kappa shape index (κ2) is 10.3. The zero-order valence-electron chi connectivity index (χ0n) is 17.2. The highest BCUT2D eigenvalue weighted by molar-refractivity contribution is 8.19. The van der Waals surface area contributed by atoms with E-state index in [0.717, 1.165) is 24.2 Å². The van der Waals surface area contributed by atoms with E-state index >= 15 is 0 Å². The molecule has 1 amide bonds. The second-order valence-electron chi connectivity index (χ2n) is 7.46. The van der Waals surface area contributed by atoms with Gasteiger partial charge in [-0.05, 0) is 60.7 Å². The second-order valence-corrected chi connectivity index (χ2v) is 10.2. The highest BCUT2D eigenvalue weighted by Crippen LogP contribution is 2.45. The summed E-state index contributed by atoms with van der Waals surface area (Å²) in [5.41, 5.74) is 7.25. The number of thioether (sulfide) groups is 2. The summed E-state index contributed by atoms with van der Waals surface area (Å²) in [5, 5.41) is 4.08. The van der Waals surface area contributed by atoms with Crippen molar-refractivity contribution in [3.05, 3.63) is 59.2 Å². The van der Waals surface area contributed by atoms with Gasteiger partial charge >= 0.3 is 0 Å². The number of anilines is 1. The Morgan fingerprint density at radius 2 is 1.90 bits per heavy atom. The number of benzene rings is 2. The van der Waals surface area contributed by atoms with Crippen LogP contribution in [0.2, 0.25) is 0 Å². The number of carbonyl (C=O) groups is 1. The molecular formula is C23H27N3O2S2. The summed E-state index contributed by atoms with van der Waals surface area (Å²) in [6, 6.07) is 14.4. The SMILES string of the molecule is Cc1cc(N2CCCC2)ccc1/C=N\NC(=O)COc1ccc(C2SCCS2)cc1. The summed E-state index contributed by atoms with van der Waals surface area (Å²) in [7, 11) is 0. The summed E-state index contributed by atoms with van der Waals surface area (Å²) < 4.78 is 6.10. The van der Waals surface area contributed by atoms with E-state index in [-0.39, 0.29) is 12.5 Å². The van der Waals surface area contributed by atoms with Crippen LogP contribution >= 0.6 is 23.5 Å². The van der Waals surface area contributed by atoms with Gasteiger partial charge in [0.1, 0.15) is 5.75 Å². The third kappa shape index (κ3) is 5.52. The van der Waals surface area contributed by atoms with Gasteiger partial charge < -0.3 is 9.64 Å². The molecule has 5 nitrogen and oxygen atoms in total. The van der Waals surface area contributed by atoms with E-state index in [4.69, 9.17) is 4.74 Å². The Kier molecular flexibility index (Phi) is 7.23. The smallest absolute Gasteiger partial charge is 0.277 e. The molecule has 0 unspecified atom stereocenters. The number of ether oxygens (including phenoxy) is 1. The molecule has 0 atom stereocenters. The standard InChI is InChI=1S/C23H27N3O2S2/c1-17-14-20(26-10-2-3-11-26)7-4-19(17)15-24-25-22(27)16-28-21-8-5-18(6-9-21)23-29-12-13-30-23/h4-9,14-15,23H,2-3,10-13,16H2,1H3,(H,25,27)/b24-15-. The van der Waals surface area contributed by atoms with Crippen LogP contribution < -0.4 is 15.1 Å². The minimum atomic E-state index is -0.274. The Bertz CT molecular complexity index is 890. The third-order valence-electron chi connectivity index (χ3n) is 5.26. The molecule has 1 N–H and O–H groups in total. The van der Waals surface area contributed by atoms with Gasteiger partial charge in [-0.15, -0.1) is 23.5 Å². The molecule has 0 saturated carbocycles. The van der Waals surface area contributed by atoms with E-state index in [2.05, 4.69) is 52.7 Å². The summed E-state index contributed by atoms with van der Waals surface area (Å²) in [5.74, 6) is 2.83. The fourth-order valence-corrected chi connectivity index (χ4v) is 6.46. The molecule has 0 spiro atoms. The van der Waals surface area contributed by atoms with Gasteiger partial charge in [0.05, 0.1) is 10.8 Å². The van der Waals surface area contributed by atoms with Crippen molar-refractivity contribution in [2.45, 2.75) is 24.3 Å². The van der Waals surface area contributed by atoms with Gasteiger partial charge in [-0.25, -0.2) is 5.43 Å². The molecule has 0 radical (unpaired) electrons. The maximum Gasteiger partial charge on any atom is 0.277 e. The molecule has 158 valence electrons. The quantitative estimate of drug-likeness (QED) is 0.503. The largest absolute Gasteiger partial charge is 0.484 e. The van der Waals surface area contributed by atoms with E-state index in [9.17, 15) is 4.79 Å². The molecule has 7 heteroatoms. The first-order chi connectivity index (χ1) is 14.7. The molecule has 30 heavy (non-hydrogen) atoms. The van der Waals surface area contributed by atoms with E-state index in [1.54, 1.807) is 6.21 Å². The Morgan fingerprint density at radius 1 is 1.17 bits per heavy atom. The van der Waals surface area contributed by atoms with E-state index < -0.39 is 0 Å². The Balaban J connectivity index is 1.24. The van der Waals surface area contributed by atoms with Crippen LogP contribution in [-0.2, 0) is 4.79 Å². The van der Waals surface area contributed by atoms with Crippen molar-refractivity contribution in [1.29, 1.82) is 0 Å². The summed E-state index contributed by atoms with van der Waals surface area (Å²) in [6.45, 7) is 4.27. The predicted molar refractivity (Wildman–Crippen MR) is 128 cm³/mol. The number of hydrogen-bond acceptors (Lipinski definition) is 6. The molecular weight excluding hydrogens is 414 g/mol. The molecule has 2 aromatic carbocycles. The fraction of sp³-hybridized carbons (Fsp3) is 0.391. The first-order valence-electron chi connectivity index (χ1n) is 10.3. The maximum atomic E-state index is 12.0. The van der Waals surface area contributed by atoms with Crippen LogP contribution in [0.1, 0.15) is 34.1 Å². The van der Waals surface area contributed by atoms with Crippen molar-refractivity contribution in [3.63, 3.8) is 0 Å². The fourth-order valence-electron chi connectivity index (χ4n) is 3.60. The molecule has 2 fully saturated rings. The molecule has 2 aliphatic rings. The van der Waals surface area contributed by atoms with Crippen molar-refractivity contribution in [2.24, 2.45) is 5.10 Å². The minimum absolute atomic E-state index is 0.0590. The van der Waals surface area contributed by atoms with Gasteiger partial charge in [-0.3, -0.25) is 4.79 Å². The average molecular weight is 442 g/mol. The molecule has 2 heterocycles. The lowest BCUT2D eigenvalue weighted by atomic mass is 10.1. The van der Waals surface area contributed by atoms with Gasteiger partial charge in [-0.1, -0.05) is 18.2 Å². The Morgan fingerprint density at radius 3 is 2.60 bits per heavy atom. The number of hydrazone groups is 1. The van der Waals surface area contributed by atoms with E-state index in [1.807, 2.05) is 35.7 Å². The van der Waals surface area contributed by atoms with Gasteiger partial charge in [0.2, 0.25) is 0 Å². The summed E-state index contributed by atoms with van der Waals surface area (Å²) >= 11 is 3.95. The van der Waals surface area contributed by atoms with E-state index in [0.29, 0.717) is 10.3 Å². The van der Waals surface area contributed by atoms with Crippen molar-refractivity contribution >= 4 is 41.3 Å². The van der Waals surface area contributed by atoms with Crippen LogP contribution in [0.25, 0.3) is 0 Å². The van der Waals surface area contributed by atoms with Gasteiger partial charge in [0, 0.05) is 30.3 Å². The van der Waals surface area contributed by atoms with Gasteiger partial charge in [0.15, 0.2) is 6.61 Å². The number of amides is 1. The summed E-state index contributed by atoms with van der Waals surface area (Å²) in [6.07, 6.45) is 4.21. The van der Waals surface area contributed by atoms with Gasteiger partial charge in [-0.2, -0.15) is 5.10 Å². The lowest BCUT2D eigenvalue weighted by Crippen LogP contribution is -2.24. The molecule has 2 saturated heterocycles. The van der Waals surface area contributed by atoms with Crippen molar-refractivity contribution in [1.82, 2.24) is 5.43 Å². The van der Waals surface area contributed by atoms with Crippen LogP contribution in [0.3, 0.4) is 0 Å². The first kappa shape index (κ1) is 21.1. The van der Waals surface area contributed by atoms with E-state index in [1.165, 1.54) is 35.6 Å². The number of aryl methyl sites for hydroxylation is 1. The zero-order chi connectivity index (χ0) is 20.8. The predicted octanol–water partition coefficient (Wildman–Crippen LogP) is 4.60. The zero-order valence-corrected chi connectivity index (χ0v) is 18.8. The lowest BCUT2D eigenvalue weighted by Gasteiger charge is -2.18. The number of hydrogen-bond donors (Lipinski definition) is 1. The van der Waals surface area contributed by atoms with Crippen LogP contribution in [0.5, 0.6) is 5.75 Å². The van der Waals surface area contributed by atoms with Crippen LogP contribution in [0.15, 0.2) is 47.6 Å². The monoisotopic (exact) mass is 441 g/mol.